The van der Waals surface area contributed by atoms with Gasteiger partial charge in [-0.15, -0.1) is 0 Å². The molecule has 0 spiro atoms. The number of hydrogen-bond acceptors (Lipinski definition) is 2. The van der Waals surface area contributed by atoms with Gasteiger partial charge in [0.05, 0.1) is 0 Å². The maximum atomic E-state index is 5.37. The molecule has 3 aromatic carbocycles. The van der Waals surface area contributed by atoms with Crippen LogP contribution in [0.3, 0.4) is 0 Å². The minimum atomic E-state index is 0.749. The first kappa shape index (κ1) is 12.0. The van der Waals surface area contributed by atoms with Crippen molar-refractivity contribution in [1.82, 2.24) is 0 Å². The van der Waals surface area contributed by atoms with Gasteiger partial charge in [-0.3, -0.25) is 0 Å². The molecule has 0 heterocycles. The molecule has 4 N–H and O–H groups in total. The molecule has 0 fully saturated rings. The van der Waals surface area contributed by atoms with Crippen molar-refractivity contribution < 1.29 is 0 Å². The van der Waals surface area contributed by atoms with Crippen LogP contribution in [0, 0.1) is 0 Å². The summed E-state index contributed by atoms with van der Waals surface area (Å²) in [6.07, 6.45) is 0. The molecular weight excluding hydrogens is 220 g/mol. The predicted octanol–water partition coefficient (Wildman–Crippen LogP) is 3.69. The summed E-state index contributed by atoms with van der Waals surface area (Å²) in [4.78, 5) is 0. The molecule has 0 amide bonds. The van der Waals surface area contributed by atoms with Crippen LogP contribution in [0.1, 0.15) is 0 Å². The highest BCUT2D eigenvalue weighted by Gasteiger charge is 1.85. The predicted molar refractivity (Wildman–Crippen MR) is 79.2 cm³/mol. The largest absolute Gasteiger partial charge is 0.399 e. The number of hydrogen-bond donors (Lipinski definition) is 2. The Balaban J connectivity index is 0.000000138. The van der Waals surface area contributed by atoms with Crippen molar-refractivity contribution in [3.8, 4) is 0 Å². The van der Waals surface area contributed by atoms with E-state index in [1.54, 1.807) is 24.3 Å². The molecule has 0 unspecified atom stereocenters. The molecule has 0 aromatic heterocycles. The van der Waals surface area contributed by atoms with Crippen molar-refractivity contribution in [3.05, 3.63) is 72.8 Å². The normalized spacial score (nSPS) is 9.56. The topological polar surface area (TPSA) is 52.0 Å². The molecule has 3 aromatic rings. The van der Waals surface area contributed by atoms with Gasteiger partial charge >= 0.3 is 0 Å². The van der Waals surface area contributed by atoms with Crippen LogP contribution in [0.4, 0.5) is 11.4 Å². The van der Waals surface area contributed by atoms with Crippen LogP contribution < -0.4 is 11.5 Å². The molecule has 0 aliphatic carbocycles. The second-order valence-corrected chi connectivity index (χ2v) is 4.01. The molecule has 0 saturated carbocycles. The highest BCUT2D eigenvalue weighted by Crippen LogP contribution is 2.11. The molecule has 0 bridgehead atoms. The fourth-order valence-corrected chi connectivity index (χ4v) is 1.63. The van der Waals surface area contributed by atoms with Crippen LogP contribution >= 0.6 is 0 Å². The standard InChI is InChI=1S/C10H8.C6H8N2/c1-2-6-10-8-4-3-7-9(10)5-1;7-5-1-2-6(8)4-3-5/h1-8H;1-4H,7-8H2. The van der Waals surface area contributed by atoms with Gasteiger partial charge in [-0.05, 0) is 35.0 Å². The summed E-state index contributed by atoms with van der Waals surface area (Å²) in [6.45, 7) is 0. The van der Waals surface area contributed by atoms with Crippen molar-refractivity contribution in [2.75, 3.05) is 11.5 Å². The first-order chi connectivity index (χ1) is 8.75. The minimum absolute atomic E-state index is 0.749. The van der Waals surface area contributed by atoms with Gasteiger partial charge in [-0.2, -0.15) is 0 Å². The van der Waals surface area contributed by atoms with Crippen molar-refractivity contribution in [2.24, 2.45) is 0 Å². The maximum absolute atomic E-state index is 5.37. The van der Waals surface area contributed by atoms with E-state index in [2.05, 4.69) is 48.5 Å². The van der Waals surface area contributed by atoms with E-state index in [1.165, 1.54) is 10.8 Å². The number of nitrogen functional groups attached to an aromatic ring is 2. The van der Waals surface area contributed by atoms with Crippen LogP contribution in [-0.4, -0.2) is 0 Å². The molecular formula is C16H16N2. The molecule has 0 atom stereocenters. The Labute approximate surface area is 107 Å². The lowest BCUT2D eigenvalue weighted by atomic mass is 10.1. The third kappa shape index (κ3) is 3.25. The second kappa shape index (κ2) is 5.73. The molecule has 18 heavy (non-hydrogen) atoms. The Kier molecular flexibility index (Phi) is 3.82. The number of fused-ring (bicyclic) bond motifs is 1. The van der Waals surface area contributed by atoms with Gasteiger partial charge in [-0.25, -0.2) is 0 Å². The third-order valence-corrected chi connectivity index (χ3v) is 2.60. The van der Waals surface area contributed by atoms with Gasteiger partial charge in [0.1, 0.15) is 0 Å². The average molecular weight is 236 g/mol. The Bertz CT molecular complexity index is 529. The Morgan fingerprint density at radius 3 is 1.00 bits per heavy atom. The van der Waals surface area contributed by atoms with Crippen LogP contribution in [0.2, 0.25) is 0 Å². The van der Waals surface area contributed by atoms with Crippen molar-refractivity contribution >= 4 is 22.1 Å². The quantitative estimate of drug-likeness (QED) is 0.585. The van der Waals surface area contributed by atoms with E-state index < -0.39 is 0 Å². The summed E-state index contributed by atoms with van der Waals surface area (Å²) in [5, 5.41) is 2.62. The monoisotopic (exact) mass is 236 g/mol. The first-order valence-electron chi connectivity index (χ1n) is 5.80. The summed E-state index contributed by atoms with van der Waals surface area (Å²) in [5.74, 6) is 0. The van der Waals surface area contributed by atoms with E-state index in [0.29, 0.717) is 0 Å². The van der Waals surface area contributed by atoms with Crippen molar-refractivity contribution in [1.29, 1.82) is 0 Å². The number of rotatable bonds is 0. The van der Waals surface area contributed by atoms with Crippen LogP contribution in [0.5, 0.6) is 0 Å². The van der Waals surface area contributed by atoms with Crippen LogP contribution in [0.15, 0.2) is 72.8 Å². The Hall–Kier alpha value is -2.48. The fraction of sp³-hybridized carbons (Fsp3) is 0. The van der Waals surface area contributed by atoms with Crippen molar-refractivity contribution in [2.45, 2.75) is 0 Å². The number of benzene rings is 3. The summed E-state index contributed by atoms with van der Waals surface area (Å²) in [7, 11) is 0. The maximum Gasteiger partial charge on any atom is 0.0315 e. The van der Waals surface area contributed by atoms with E-state index in [4.69, 9.17) is 11.5 Å². The molecule has 2 nitrogen and oxygen atoms in total. The summed E-state index contributed by atoms with van der Waals surface area (Å²) >= 11 is 0. The lowest BCUT2D eigenvalue weighted by Gasteiger charge is -1.92. The molecule has 3 rings (SSSR count). The lowest BCUT2D eigenvalue weighted by molar-refractivity contribution is 1.67. The molecule has 0 saturated heterocycles. The van der Waals surface area contributed by atoms with E-state index in [-0.39, 0.29) is 0 Å². The Morgan fingerprint density at radius 2 is 0.722 bits per heavy atom. The second-order valence-electron chi connectivity index (χ2n) is 4.01. The lowest BCUT2D eigenvalue weighted by Crippen LogP contribution is -1.86. The highest BCUT2D eigenvalue weighted by molar-refractivity contribution is 5.81. The van der Waals surface area contributed by atoms with Crippen LogP contribution in [0.25, 0.3) is 10.8 Å². The summed E-state index contributed by atoms with van der Waals surface area (Å²) in [5.41, 5.74) is 12.2. The molecule has 0 aliphatic rings. The number of nitrogens with two attached hydrogens (primary N) is 2. The molecule has 0 aliphatic heterocycles. The van der Waals surface area contributed by atoms with Gasteiger partial charge in [0.15, 0.2) is 0 Å². The first-order valence-corrected chi connectivity index (χ1v) is 5.80. The minimum Gasteiger partial charge on any atom is -0.399 e. The fourth-order valence-electron chi connectivity index (χ4n) is 1.63. The smallest absolute Gasteiger partial charge is 0.0315 e. The van der Waals surface area contributed by atoms with Gasteiger partial charge in [0, 0.05) is 11.4 Å². The van der Waals surface area contributed by atoms with Crippen LogP contribution in [-0.2, 0) is 0 Å². The van der Waals surface area contributed by atoms with Gasteiger partial charge in [-0.1, -0.05) is 48.5 Å². The van der Waals surface area contributed by atoms with Crippen molar-refractivity contribution in [3.63, 3.8) is 0 Å². The third-order valence-electron chi connectivity index (χ3n) is 2.60. The molecule has 2 heteroatoms. The van der Waals surface area contributed by atoms with E-state index >= 15 is 0 Å². The molecule has 90 valence electrons. The van der Waals surface area contributed by atoms with E-state index in [9.17, 15) is 0 Å². The molecule has 0 radical (unpaired) electrons. The highest BCUT2D eigenvalue weighted by atomic mass is 14.6. The SMILES string of the molecule is Nc1ccc(N)cc1.c1ccc2ccccc2c1. The van der Waals surface area contributed by atoms with E-state index in [0.717, 1.165) is 11.4 Å². The summed E-state index contributed by atoms with van der Waals surface area (Å²) < 4.78 is 0. The van der Waals surface area contributed by atoms with Gasteiger partial charge in [0.2, 0.25) is 0 Å². The zero-order valence-corrected chi connectivity index (χ0v) is 10.1. The van der Waals surface area contributed by atoms with E-state index in [1.807, 2.05) is 0 Å². The average Bonchev–Trinajstić information content (AvgIpc) is 2.43. The van der Waals surface area contributed by atoms with Gasteiger partial charge in [0.25, 0.3) is 0 Å². The number of anilines is 2. The zero-order valence-electron chi connectivity index (χ0n) is 10.1. The Morgan fingerprint density at radius 1 is 0.444 bits per heavy atom. The summed E-state index contributed by atoms with van der Waals surface area (Å²) in [6, 6.07) is 23.8. The zero-order chi connectivity index (χ0) is 12.8. The van der Waals surface area contributed by atoms with Gasteiger partial charge < -0.3 is 11.5 Å².